The highest BCUT2D eigenvalue weighted by Gasteiger charge is 2.03. The van der Waals surface area contributed by atoms with Gasteiger partial charge in [0.15, 0.2) is 0 Å². The van der Waals surface area contributed by atoms with E-state index < -0.39 is 0 Å². The standard InChI is InChI=1S/C10H12N2/c1-2-10-9-6-4-3-5-8(9)7-12(10)11/h3-7H,2,11H2,1H3. The number of nitrogens with zero attached hydrogens (tertiary/aromatic N) is 1. The summed E-state index contributed by atoms with van der Waals surface area (Å²) in [5.41, 5.74) is 1.20. The molecular formula is C10H12N2. The van der Waals surface area contributed by atoms with Gasteiger partial charge in [-0.1, -0.05) is 31.2 Å². The Morgan fingerprint density at radius 1 is 1.33 bits per heavy atom. The van der Waals surface area contributed by atoms with Gasteiger partial charge in [0.05, 0.1) is 0 Å². The zero-order valence-electron chi connectivity index (χ0n) is 7.12. The van der Waals surface area contributed by atoms with Gasteiger partial charge in [-0.25, -0.2) is 0 Å². The predicted octanol–water partition coefficient (Wildman–Crippen LogP) is 1.92. The summed E-state index contributed by atoms with van der Waals surface area (Å²) in [6, 6.07) is 8.26. The molecule has 2 aromatic rings. The molecule has 1 aromatic carbocycles. The summed E-state index contributed by atoms with van der Waals surface area (Å²) in [7, 11) is 0. The fourth-order valence-corrected chi connectivity index (χ4v) is 1.61. The van der Waals surface area contributed by atoms with Gasteiger partial charge in [-0.05, 0) is 6.42 Å². The molecule has 0 unspecified atom stereocenters. The van der Waals surface area contributed by atoms with Gasteiger partial charge in [0.2, 0.25) is 0 Å². The van der Waals surface area contributed by atoms with Crippen molar-refractivity contribution in [1.82, 2.24) is 4.68 Å². The molecule has 1 heterocycles. The van der Waals surface area contributed by atoms with E-state index in [2.05, 4.69) is 19.1 Å². The molecule has 0 radical (unpaired) electrons. The second-order valence-corrected chi connectivity index (χ2v) is 2.92. The summed E-state index contributed by atoms with van der Waals surface area (Å²) in [4.78, 5) is 0. The smallest absolute Gasteiger partial charge is 0.0467 e. The Kier molecular flexibility index (Phi) is 1.54. The van der Waals surface area contributed by atoms with Crippen LogP contribution in [-0.2, 0) is 6.42 Å². The number of aromatic nitrogens is 1. The minimum absolute atomic E-state index is 0.976. The van der Waals surface area contributed by atoms with Crippen molar-refractivity contribution < 1.29 is 0 Å². The highest BCUT2D eigenvalue weighted by molar-refractivity contribution is 5.85. The molecule has 2 N–H and O–H groups in total. The normalized spacial score (nSPS) is 10.8. The molecule has 0 fully saturated rings. The van der Waals surface area contributed by atoms with Crippen LogP contribution >= 0.6 is 0 Å². The van der Waals surface area contributed by atoms with Crippen LogP contribution in [0.2, 0.25) is 0 Å². The fourth-order valence-electron chi connectivity index (χ4n) is 1.61. The van der Waals surface area contributed by atoms with E-state index in [1.54, 1.807) is 4.68 Å². The zero-order chi connectivity index (χ0) is 8.55. The first-order valence-corrected chi connectivity index (χ1v) is 4.17. The quantitative estimate of drug-likeness (QED) is 0.635. The van der Waals surface area contributed by atoms with Crippen molar-refractivity contribution in [3.05, 3.63) is 36.2 Å². The first-order chi connectivity index (χ1) is 5.83. The van der Waals surface area contributed by atoms with Gasteiger partial charge in [0, 0.05) is 22.7 Å². The van der Waals surface area contributed by atoms with Gasteiger partial charge >= 0.3 is 0 Å². The molecule has 0 aliphatic heterocycles. The van der Waals surface area contributed by atoms with Crippen molar-refractivity contribution in [3.63, 3.8) is 0 Å². The number of hydrogen-bond acceptors (Lipinski definition) is 1. The molecule has 0 spiro atoms. The van der Waals surface area contributed by atoms with Gasteiger partial charge < -0.3 is 5.84 Å². The summed E-state index contributed by atoms with van der Waals surface area (Å²) >= 11 is 0. The molecule has 0 aliphatic carbocycles. The third-order valence-corrected chi connectivity index (χ3v) is 2.20. The Bertz CT molecular complexity index is 401. The molecule has 0 bridgehead atoms. The number of benzene rings is 1. The molecule has 0 atom stereocenters. The van der Waals surface area contributed by atoms with Crippen LogP contribution in [0.25, 0.3) is 10.8 Å². The molecule has 0 saturated carbocycles. The summed E-state index contributed by atoms with van der Waals surface area (Å²) in [6.07, 6.45) is 2.94. The average Bonchev–Trinajstić information content (AvgIpc) is 2.40. The average molecular weight is 160 g/mol. The van der Waals surface area contributed by atoms with Crippen molar-refractivity contribution in [2.24, 2.45) is 0 Å². The summed E-state index contributed by atoms with van der Waals surface area (Å²) in [6.45, 7) is 2.12. The maximum atomic E-state index is 5.78. The topological polar surface area (TPSA) is 30.9 Å². The van der Waals surface area contributed by atoms with Crippen molar-refractivity contribution >= 4 is 10.8 Å². The van der Waals surface area contributed by atoms with Crippen LogP contribution < -0.4 is 5.84 Å². The Morgan fingerprint density at radius 3 is 2.83 bits per heavy atom. The van der Waals surface area contributed by atoms with Crippen LogP contribution in [0.3, 0.4) is 0 Å². The lowest BCUT2D eigenvalue weighted by Crippen LogP contribution is -2.09. The molecule has 0 saturated heterocycles. The van der Waals surface area contributed by atoms with Crippen molar-refractivity contribution in [3.8, 4) is 0 Å². The van der Waals surface area contributed by atoms with E-state index in [0.717, 1.165) is 6.42 Å². The van der Waals surface area contributed by atoms with Gasteiger partial charge in [-0.3, -0.25) is 4.68 Å². The number of nitrogen functional groups attached to an aromatic ring is 1. The number of hydrogen-bond donors (Lipinski definition) is 1. The van der Waals surface area contributed by atoms with E-state index in [1.807, 2.05) is 18.3 Å². The highest BCUT2D eigenvalue weighted by Crippen LogP contribution is 2.19. The highest BCUT2D eigenvalue weighted by atomic mass is 15.3. The number of fused-ring (bicyclic) bond motifs is 1. The second kappa shape index (κ2) is 2.55. The molecule has 1 aromatic heterocycles. The maximum absolute atomic E-state index is 5.78. The van der Waals surface area contributed by atoms with Crippen molar-refractivity contribution in [1.29, 1.82) is 0 Å². The fraction of sp³-hybridized carbons (Fsp3) is 0.200. The molecule has 2 heteroatoms. The van der Waals surface area contributed by atoms with Crippen molar-refractivity contribution in [2.45, 2.75) is 13.3 Å². The van der Waals surface area contributed by atoms with Crippen LogP contribution in [-0.4, -0.2) is 4.68 Å². The van der Waals surface area contributed by atoms with E-state index in [0.29, 0.717) is 0 Å². The first kappa shape index (κ1) is 7.22. The van der Waals surface area contributed by atoms with Crippen LogP contribution in [0.4, 0.5) is 0 Å². The first-order valence-electron chi connectivity index (χ1n) is 4.17. The summed E-state index contributed by atoms with van der Waals surface area (Å²) < 4.78 is 1.71. The molecule has 2 rings (SSSR count). The van der Waals surface area contributed by atoms with Gasteiger partial charge in [-0.15, -0.1) is 0 Å². The lowest BCUT2D eigenvalue weighted by atomic mass is 10.1. The summed E-state index contributed by atoms with van der Waals surface area (Å²) in [5, 5.41) is 2.49. The monoisotopic (exact) mass is 160 g/mol. The SMILES string of the molecule is CCc1c2ccccc2cn1N. The number of rotatable bonds is 1. The third kappa shape index (κ3) is 0.881. The van der Waals surface area contributed by atoms with Crippen LogP contribution in [0, 0.1) is 0 Å². The molecule has 0 aliphatic rings. The van der Waals surface area contributed by atoms with Crippen LogP contribution in [0.1, 0.15) is 12.6 Å². The summed E-state index contributed by atoms with van der Waals surface area (Å²) in [5.74, 6) is 5.78. The van der Waals surface area contributed by atoms with Gasteiger partial charge in [0.25, 0.3) is 0 Å². The van der Waals surface area contributed by atoms with E-state index >= 15 is 0 Å². The molecule has 0 amide bonds. The van der Waals surface area contributed by atoms with E-state index in [-0.39, 0.29) is 0 Å². The predicted molar refractivity (Wildman–Crippen MR) is 51.5 cm³/mol. The lowest BCUT2D eigenvalue weighted by molar-refractivity contribution is 0.906. The molecule has 2 nitrogen and oxygen atoms in total. The van der Waals surface area contributed by atoms with Gasteiger partial charge in [0.1, 0.15) is 0 Å². The van der Waals surface area contributed by atoms with Crippen LogP contribution in [0.15, 0.2) is 30.5 Å². The minimum atomic E-state index is 0.976. The van der Waals surface area contributed by atoms with Gasteiger partial charge in [-0.2, -0.15) is 0 Å². The Labute approximate surface area is 71.6 Å². The Morgan fingerprint density at radius 2 is 2.08 bits per heavy atom. The minimum Gasteiger partial charge on any atom is -0.339 e. The number of nitrogens with two attached hydrogens (primary N) is 1. The lowest BCUT2D eigenvalue weighted by Gasteiger charge is -1.98. The van der Waals surface area contributed by atoms with E-state index in [1.165, 1.54) is 16.5 Å². The Hall–Kier alpha value is -1.44. The molecule has 12 heavy (non-hydrogen) atoms. The van der Waals surface area contributed by atoms with E-state index in [4.69, 9.17) is 5.84 Å². The van der Waals surface area contributed by atoms with E-state index in [9.17, 15) is 0 Å². The molecule has 62 valence electrons. The second-order valence-electron chi connectivity index (χ2n) is 2.92. The third-order valence-electron chi connectivity index (χ3n) is 2.20. The Balaban J connectivity index is 2.81. The van der Waals surface area contributed by atoms with Crippen LogP contribution in [0.5, 0.6) is 0 Å². The number of aryl methyl sites for hydroxylation is 1. The molecular weight excluding hydrogens is 148 g/mol. The maximum Gasteiger partial charge on any atom is 0.0467 e. The zero-order valence-corrected chi connectivity index (χ0v) is 7.12. The van der Waals surface area contributed by atoms with Crippen molar-refractivity contribution in [2.75, 3.05) is 5.84 Å². The largest absolute Gasteiger partial charge is 0.339 e.